The molecule has 1 aliphatic heterocycles. The highest BCUT2D eigenvalue weighted by Gasteiger charge is 2.43. The maximum absolute atomic E-state index is 14.5. The van der Waals surface area contributed by atoms with Crippen LogP contribution in [0.15, 0.2) is 12.1 Å². The lowest BCUT2D eigenvalue weighted by atomic mass is 9.99. The summed E-state index contributed by atoms with van der Waals surface area (Å²) in [4.78, 5) is 36.7. The first-order chi connectivity index (χ1) is 11.4. The molecule has 0 spiro atoms. The smallest absolute Gasteiger partial charge is 0.255 e. The molecule has 24 heavy (non-hydrogen) atoms. The first-order valence-corrected chi connectivity index (χ1v) is 8.08. The summed E-state index contributed by atoms with van der Waals surface area (Å²) in [6.45, 7) is 1.90. The van der Waals surface area contributed by atoms with Crippen LogP contribution in [0.1, 0.15) is 54.1 Å². The molecular formula is C17H20FN3O3. The molecule has 1 aliphatic carbocycles. The minimum atomic E-state index is -0.796. The third-order valence-electron chi connectivity index (χ3n) is 4.82. The molecule has 2 aliphatic rings. The SMILES string of the molecule is CCCC(C(=O)NC=O)N1Cc2c(F)cc(C3(N)CC3)cc2C1=O. The van der Waals surface area contributed by atoms with Gasteiger partial charge < -0.3 is 10.6 Å². The van der Waals surface area contributed by atoms with Gasteiger partial charge in [0.05, 0.1) is 6.54 Å². The molecule has 1 atom stereocenters. The Morgan fingerprint density at radius 2 is 2.21 bits per heavy atom. The third-order valence-corrected chi connectivity index (χ3v) is 4.82. The van der Waals surface area contributed by atoms with Crippen LogP contribution >= 0.6 is 0 Å². The fourth-order valence-corrected chi connectivity index (χ4v) is 3.20. The van der Waals surface area contributed by atoms with E-state index in [-0.39, 0.29) is 17.7 Å². The van der Waals surface area contributed by atoms with Crippen molar-refractivity contribution in [2.75, 3.05) is 0 Å². The van der Waals surface area contributed by atoms with E-state index in [2.05, 4.69) is 5.32 Å². The van der Waals surface area contributed by atoms with Crippen molar-refractivity contribution in [3.8, 4) is 0 Å². The largest absolute Gasteiger partial charge is 0.322 e. The number of hydrogen-bond donors (Lipinski definition) is 2. The van der Waals surface area contributed by atoms with E-state index in [4.69, 9.17) is 5.73 Å². The molecule has 0 aromatic heterocycles. The molecule has 1 fully saturated rings. The number of amides is 3. The summed E-state index contributed by atoms with van der Waals surface area (Å²) in [5.74, 6) is -1.42. The Labute approximate surface area is 139 Å². The third kappa shape index (κ3) is 2.69. The van der Waals surface area contributed by atoms with Crippen LogP contribution in [0.5, 0.6) is 0 Å². The van der Waals surface area contributed by atoms with E-state index in [9.17, 15) is 18.8 Å². The van der Waals surface area contributed by atoms with E-state index in [1.54, 1.807) is 6.07 Å². The summed E-state index contributed by atoms with van der Waals surface area (Å²) >= 11 is 0. The van der Waals surface area contributed by atoms with Crippen LogP contribution in [0.4, 0.5) is 4.39 Å². The van der Waals surface area contributed by atoms with Gasteiger partial charge in [0.2, 0.25) is 12.3 Å². The molecule has 0 saturated heterocycles. The summed E-state index contributed by atoms with van der Waals surface area (Å²) in [5.41, 5.74) is 6.75. The minimum Gasteiger partial charge on any atom is -0.322 e. The molecule has 6 nitrogen and oxygen atoms in total. The number of nitrogens with one attached hydrogen (secondary N) is 1. The van der Waals surface area contributed by atoms with Gasteiger partial charge in [-0.05, 0) is 37.0 Å². The van der Waals surface area contributed by atoms with E-state index in [1.165, 1.54) is 11.0 Å². The molecule has 0 bridgehead atoms. The van der Waals surface area contributed by atoms with Gasteiger partial charge >= 0.3 is 0 Å². The number of rotatable bonds is 6. The van der Waals surface area contributed by atoms with Crippen molar-refractivity contribution in [2.24, 2.45) is 5.73 Å². The first kappa shape index (κ1) is 16.6. The number of benzene rings is 1. The van der Waals surface area contributed by atoms with Crippen LogP contribution in [0.25, 0.3) is 0 Å². The second-order valence-corrected chi connectivity index (χ2v) is 6.50. The number of nitrogens with zero attached hydrogens (tertiary/aromatic N) is 1. The van der Waals surface area contributed by atoms with Crippen LogP contribution < -0.4 is 11.1 Å². The van der Waals surface area contributed by atoms with Gasteiger partial charge in [-0.3, -0.25) is 19.7 Å². The highest BCUT2D eigenvalue weighted by molar-refractivity contribution is 6.02. The lowest BCUT2D eigenvalue weighted by Crippen LogP contribution is -2.46. The minimum absolute atomic E-state index is 0.0226. The van der Waals surface area contributed by atoms with Gasteiger partial charge in [0.25, 0.3) is 5.91 Å². The molecular weight excluding hydrogens is 313 g/mol. The Morgan fingerprint density at radius 3 is 2.79 bits per heavy atom. The molecule has 128 valence electrons. The van der Waals surface area contributed by atoms with E-state index in [0.717, 1.165) is 12.8 Å². The molecule has 1 saturated carbocycles. The van der Waals surface area contributed by atoms with Gasteiger partial charge in [-0.2, -0.15) is 0 Å². The summed E-state index contributed by atoms with van der Waals surface area (Å²) < 4.78 is 14.5. The molecule has 1 aromatic rings. The summed E-state index contributed by atoms with van der Waals surface area (Å²) in [5, 5.41) is 2.09. The highest BCUT2D eigenvalue weighted by atomic mass is 19.1. The molecule has 7 heteroatoms. The van der Waals surface area contributed by atoms with Gasteiger partial charge in [-0.15, -0.1) is 0 Å². The maximum Gasteiger partial charge on any atom is 0.255 e. The van der Waals surface area contributed by atoms with Crippen LogP contribution in [0.2, 0.25) is 0 Å². The van der Waals surface area contributed by atoms with Crippen molar-refractivity contribution in [3.63, 3.8) is 0 Å². The Kier molecular flexibility index (Phi) is 4.13. The molecule has 1 aromatic carbocycles. The van der Waals surface area contributed by atoms with Crippen LogP contribution in [0, 0.1) is 5.82 Å². The normalized spacial score (nSPS) is 19.0. The zero-order valence-electron chi connectivity index (χ0n) is 13.5. The van der Waals surface area contributed by atoms with E-state index in [1.807, 2.05) is 6.92 Å². The van der Waals surface area contributed by atoms with Gasteiger partial charge in [-0.25, -0.2) is 4.39 Å². The van der Waals surface area contributed by atoms with Crippen molar-refractivity contribution in [3.05, 3.63) is 34.6 Å². The van der Waals surface area contributed by atoms with Crippen LogP contribution in [0.3, 0.4) is 0 Å². The molecule has 3 amide bonds. The second-order valence-electron chi connectivity index (χ2n) is 6.50. The summed E-state index contributed by atoms with van der Waals surface area (Å²) in [7, 11) is 0. The standard InChI is InChI=1S/C17H20FN3O3/c1-2-3-14(15(23)20-9-22)21-8-12-11(16(21)24)6-10(7-13(12)18)17(19)4-5-17/h6-7,9,14H,2-5,8,19H2,1H3,(H,20,22,23). The van der Waals surface area contributed by atoms with Crippen molar-refractivity contribution in [2.45, 2.75) is 50.7 Å². The number of imide groups is 1. The van der Waals surface area contributed by atoms with Crippen LogP contribution in [-0.2, 0) is 21.7 Å². The Hall–Kier alpha value is -2.28. The number of carbonyl (C=O) groups excluding carboxylic acids is 3. The predicted octanol–water partition coefficient (Wildman–Crippen LogP) is 1.17. The lowest BCUT2D eigenvalue weighted by Gasteiger charge is -2.25. The summed E-state index contributed by atoms with van der Waals surface area (Å²) in [6, 6.07) is 2.24. The molecule has 1 unspecified atom stereocenters. The first-order valence-electron chi connectivity index (χ1n) is 8.08. The average molecular weight is 333 g/mol. The highest BCUT2D eigenvalue weighted by Crippen LogP contribution is 2.44. The molecule has 3 N–H and O–H groups in total. The van der Waals surface area contributed by atoms with Crippen LogP contribution in [-0.4, -0.2) is 29.2 Å². The lowest BCUT2D eigenvalue weighted by molar-refractivity contribution is -0.129. The Balaban J connectivity index is 1.93. The predicted molar refractivity (Wildman–Crippen MR) is 84.3 cm³/mol. The average Bonchev–Trinajstić information content (AvgIpc) is 3.21. The van der Waals surface area contributed by atoms with E-state index in [0.29, 0.717) is 24.8 Å². The zero-order chi connectivity index (χ0) is 17.5. The number of hydrogen-bond acceptors (Lipinski definition) is 4. The quantitative estimate of drug-likeness (QED) is 0.764. The van der Waals surface area contributed by atoms with Crippen molar-refractivity contribution >= 4 is 18.2 Å². The van der Waals surface area contributed by atoms with Gasteiger partial charge in [0.15, 0.2) is 0 Å². The number of carbonyl (C=O) groups is 3. The van der Waals surface area contributed by atoms with E-state index >= 15 is 0 Å². The number of fused-ring (bicyclic) bond motifs is 1. The van der Waals surface area contributed by atoms with Crippen molar-refractivity contribution in [1.82, 2.24) is 10.2 Å². The number of nitrogens with two attached hydrogens (primary N) is 1. The monoisotopic (exact) mass is 333 g/mol. The fraction of sp³-hybridized carbons (Fsp3) is 0.471. The summed E-state index contributed by atoms with van der Waals surface area (Å²) in [6.07, 6.45) is 2.88. The van der Waals surface area contributed by atoms with E-state index < -0.39 is 29.2 Å². The fourth-order valence-electron chi connectivity index (χ4n) is 3.20. The second kappa shape index (κ2) is 5.98. The van der Waals surface area contributed by atoms with Gasteiger partial charge in [-0.1, -0.05) is 13.3 Å². The van der Waals surface area contributed by atoms with Gasteiger partial charge in [0.1, 0.15) is 11.9 Å². The molecule has 3 rings (SSSR count). The Morgan fingerprint density at radius 1 is 1.50 bits per heavy atom. The molecule has 1 heterocycles. The number of halogens is 1. The maximum atomic E-state index is 14.5. The van der Waals surface area contributed by atoms with Gasteiger partial charge in [0, 0.05) is 16.7 Å². The topological polar surface area (TPSA) is 92.5 Å². The molecule has 0 radical (unpaired) electrons. The zero-order valence-corrected chi connectivity index (χ0v) is 13.5. The van der Waals surface area contributed by atoms with Crippen molar-refractivity contribution in [1.29, 1.82) is 0 Å². The van der Waals surface area contributed by atoms with Crippen molar-refractivity contribution < 1.29 is 18.8 Å². The Bertz CT molecular complexity index is 715.